The summed E-state index contributed by atoms with van der Waals surface area (Å²) in [5.41, 5.74) is -0.382. The van der Waals surface area contributed by atoms with E-state index in [4.69, 9.17) is 9.47 Å². The van der Waals surface area contributed by atoms with Crippen molar-refractivity contribution < 1.29 is 59.3 Å². The standard InChI is InChI=1S/C39H35F7N4O7S2/c40-30-22(10-13-47-19-27(57-35(53)39(44,45)46)25-8-9-26(56-34(52)38(41,42)43)31-32(25)59-36(54)48-31)5-3-6-24(30)20-49-14-11-37(12-15-49)21-50(16-17-55-37)33(51)29-18-23-4-1-2-7-28(23)58-29/h1-9,18,27,47H,10-17,19-21H2,(H,48,54). The average molecular weight is 869 g/mol. The average Bonchev–Trinajstić information content (AvgIpc) is 3.81. The van der Waals surface area contributed by atoms with E-state index in [0.717, 1.165) is 22.2 Å². The highest BCUT2D eigenvalue weighted by Crippen LogP contribution is 2.37. The van der Waals surface area contributed by atoms with E-state index in [2.05, 4.69) is 19.9 Å². The number of nitrogens with one attached hydrogen (secondary N) is 2. The molecule has 1 unspecified atom stereocenters. The number of esters is 2. The zero-order valence-electron chi connectivity index (χ0n) is 30.8. The fourth-order valence-electron chi connectivity index (χ4n) is 7.26. The topological polar surface area (TPSA) is 130 Å². The number of aromatic amines is 1. The highest BCUT2D eigenvalue weighted by atomic mass is 32.1. The Hall–Kier alpha value is -4.89. The van der Waals surface area contributed by atoms with Gasteiger partial charge in [-0.3, -0.25) is 14.5 Å². The Bertz CT molecular complexity index is 2390. The van der Waals surface area contributed by atoms with Crippen molar-refractivity contribution >= 4 is 60.8 Å². The molecule has 0 aliphatic carbocycles. The molecule has 2 aromatic heterocycles. The number of likely N-dealkylation sites (tertiary alicyclic amines) is 1. The summed E-state index contributed by atoms with van der Waals surface area (Å²) in [6.07, 6.45) is -11.2. The van der Waals surface area contributed by atoms with Crippen LogP contribution in [-0.2, 0) is 32.0 Å². The molecule has 1 spiro atoms. The minimum atomic E-state index is -5.41. The fraction of sp³-hybridized carbons (Fsp3) is 0.385. The number of H-pyrrole nitrogens is 1. The number of carbonyl (C=O) groups excluding carboxylic acids is 3. The molecule has 4 heterocycles. The molecule has 1 atom stereocenters. The Morgan fingerprint density at radius 2 is 1.64 bits per heavy atom. The Morgan fingerprint density at radius 1 is 0.915 bits per heavy atom. The van der Waals surface area contributed by atoms with Gasteiger partial charge in [-0.2, -0.15) is 26.3 Å². The Labute approximate surface area is 338 Å². The minimum absolute atomic E-state index is 0.00543. The molecular weight excluding hydrogens is 834 g/mol. The molecule has 2 saturated heterocycles. The summed E-state index contributed by atoms with van der Waals surface area (Å²) in [4.78, 5) is 55.0. The van der Waals surface area contributed by atoms with Crippen LogP contribution < -0.4 is 14.9 Å². The van der Waals surface area contributed by atoms with Crippen molar-refractivity contribution in [3.05, 3.63) is 97.7 Å². The summed E-state index contributed by atoms with van der Waals surface area (Å²) in [7, 11) is 0. The van der Waals surface area contributed by atoms with Crippen LogP contribution in [0.3, 0.4) is 0 Å². The number of hydrogen-bond donors (Lipinski definition) is 2. The van der Waals surface area contributed by atoms with Gasteiger partial charge in [-0.05, 0) is 61.0 Å². The number of hydrogen-bond acceptors (Lipinski definition) is 11. The van der Waals surface area contributed by atoms with Crippen molar-refractivity contribution in [3.8, 4) is 5.75 Å². The van der Waals surface area contributed by atoms with Crippen LogP contribution in [-0.4, -0.2) is 96.5 Å². The largest absolute Gasteiger partial charge is 0.491 e. The number of ether oxygens (including phenoxy) is 3. The number of alkyl halides is 6. The highest BCUT2D eigenvalue weighted by Gasteiger charge is 2.44. The normalized spacial score (nSPS) is 16.8. The van der Waals surface area contributed by atoms with Gasteiger partial charge in [0.15, 0.2) is 5.75 Å². The summed E-state index contributed by atoms with van der Waals surface area (Å²) in [5.74, 6) is -6.37. The van der Waals surface area contributed by atoms with E-state index in [1.807, 2.05) is 35.2 Å². The number of thiophene rings is 1. The number of amides is 1. The predicted molar refractivity (Wildman–Crippen MR) is 203 cm³/mol. The van der Waals surface area contributed by atoms with Crippen LogP contribution in [0.2, 0.25) is 0 Å². The molecule has 2 N–H and O–H groups in total. The van der Waals surface area contributed by atoms with E-state index in [1.165, 1.54) is 11.3 Å². The van der Waals surface area contributed by atoms with Crippen LogP contribution in [0.1, 0.15) is 45.3 Å². The lowest BCUT2D eigenvalue weighted by molar-refractivity contribution is -0.205. The van der Waals surface area contributed by atoms with Crippen LogP contribution in [0.4, 0.5) is 30.7 Å². The van der Waals surface area contributed by atoms with Crippen molar-refractivity contribution in [2.45, 2.75) is 49.9 Å². The SMILES string of the molecule is O=C(c1cc2ccccc2s1)N1CCOC2(CCN(Cc3cccc(CCNCC(OC(=O)C(F)(F)F)c4ccc(OC(=O)C(F)(F)F)c5[nH]c(=O)sc45)c3F)CC2)C1. The molecule has 5 aromatic rings. The third-order valence-electron chi connectivity index (χ3n) is 10.2. The molecule has 0 saturated carbocycles. The summed E-state index contributed by atoms with van der Waals surface area (Å²) in [5, 5.41) is 3.86. The molecule has 3 aromatic carbocycles. The van der Waals surface area contributed by atoms with Gasteiger partial charge in [0.25, 0.3) is 5.91 Å². The first-order chi connectivity index (χ1) is 28.0. The van der Waals surface area contributed by atoms with E-state index in [9.17, 15) is 45.5 Å². The zero-order chi connectivity index (χ0) is 42.1. The monoisotopic (exact) mass is 868 g/mol. The molecule has 1 amide bonds. The van der Waals surface area contributed by atoms with Crippen molar-refractivity contribution in [2.24, 2.45) is 0 Å². The molecule has 0 radical (unpaired) electrons. The third kappa shape index (κ3) is 9.62. The third-order valence-corrected chi connectivity index (χ3v) is 12.3. The van der Waals surface area contributed by atoms with Gasteiger partial charge in [0.2, 0.25) is 0 Å². The maximum atomic E-state index is 15.8. The van der Waals surface area contributed by atoms with Crippen LogP contribution in [0.25, 0.3) is 20.3 Å². The van der Waals surface area contributed by atoms with Gasteiger partial charge in [0, 0.05) is 48.6 Å². The lowest BCUT2D eigenvalue weighted by Gasteiger charge is -2.47. The fourth-order valence-corrected chi connectivity index (χ4v) is 9.20. The molecule has 11 nitrogen and oxygen atoms in total. The number of carbonyl (C=O) groups is 3. The van der Waals surface area contributed by atoms with Gasteiger partial charge in [-0.1, -0.05) is 47.7 Å². The number of halogens is 7. The second kappa shape index (κ2) is 17.0. The highest BCUT2D eigenvalue weighted by molar-refractivity contribution is 7.20. The summed E-state index contributed by atoms with van der Waals surface area (Å²) >= 11 is 1.86. The number of piperidine rings is 1. The second-order valence-corrected chi connectivity index (χ2v) is 16.2. The van der Waals surface area contributed by atoms with E-state index < -0.39 is 64.5 Å². The van der Waals surface area contributed by atoms with E-state index in [0.29, 0.717) is 79.5 Å². The van der Waals surface area contributed by atoms with Crippen molar-refractivity contribution in [2.75, 3.05) is 45.9 Å². The van der Waals surface area contributed by atoms with Gasteiger partial charge in [-0.25, -0.2) is 14.0 Å². The number of morpholine rings is 1. The van der Waals surface area contributed by atoms with Gasteiger partial charge in [0.1, 0.15) is 17.4 Å². The maximum Gasteiger partial charge on any atom is 0.491 e. The number of thiazole rings is 1. The Balaban J connectivity index is 0.964. The van der Waals surface area contributed by atoms with Crippen LogP contribution in [0.5, 0.6) is 5.75 Å². The number of nitrogens with zero attached hydrogens (tertiary/aromatic N) is 2. The molecule has 314 valence electrons. The molecular formula is C39H35F7N4O7S2. The molecule has 2 aliphatic rings. The van der Waals surface area contributed by atoms with Crippen LogP contribution >= 0.6 is 22.7 Å². The molecule has 7 rings (SSSR count). The Kier molecular flexibility index (Phi) is 12.2. The van der Waals surface area contributed by atoms with Gasteiger partial charge in [0.05, 0.1) is 28.3 Å². The van der Waals surface area contributed by atoms with E-state index in [1.54, 1.807) is 18.2 Å². The molecule has 2 fully saturated rings. The van der Waals surface area contributed by atoms with Crippen LogP contribution in [0.15, 0.2) is 65.5 Å². The molecule has 0 bridgehead atoms. The minimum Gasteiger partial charge on any atom is -0.449 e. The van der Waals surface area contributed by atoms with Crippen LogP contribution in [0, 0.1) is 5.82 Å². The van der Waals surface area contributed by atoms with E-state index >= 15 is 4.39 Å². The Morgan fingerprint density at radius 3 is 2.37 bits per heavy atom. The van der Waals surface area contributed by atoms with Gasteiger partial charge >= 0.3 is 29.2 Å². The van der Waals surface area contributed by atoms with E-state index in [-0.39, 0.29) is 29.1 Å². The number of benzene rings is 3. The number of rotatable bonds is 11. The first kappa shape index (κ1) is 42.2. The molecule has 59 heavy (non-hydrogen) atoms. The number of aromatic nitrogens is 1. The number of fused-ring (bicyclic) bond motifs is 2. The summed E-state index contributed by atoms with van der Waals surface area (Å²) in [6, 6.07) is 16.5. The molecule has 20 heteroatoms. The van der Waals surface area contributed by atoms with Gasteiger partial charge in [-0.15, -0.1) is 11.3 Å². The quantitative estimate of drug-likeness (QED) is 0.0631. The van der Waals surface area contributed by atoms with Crippen molar-refractivity contribution in [1.29, 1.82) is 0 Å². The second-order valence-electron chi connectivity index (χ2n) is 14.2. The smallest absolute Gasteiger partial charge is 0.449 e. The van der Waals surface area contributed by atoms with Crippen molar-refractivity contribution in [1.82, 2.24) is 20.1 Å². The first-order valence-electron chi connectivity index (χ1n) is 18.3. The predicted octanol–water partition coefficient (Wildman–Crippen LogP) is 6.90. The maximum absolute atomic E-state index is 15.8. The molecule has 2 aliphatic heterocycles. The zero-order valence-corrected chi connectivity index (χ0v) is 32.5. The lowest BCUT2D eigenvalue weighted by atomic mass is 9.89. The van der Waals surface area contributed by atoms with Gasteiger partial charge < -0.3 is 29.4 Å². The summed E-state index contributed by atoms with van der Waals surface area (Å²) in [6.45, 7) is 2.38. The first-order valence-corrected chi connectivity index (χ1v) is 20.0. The van der Waals surface area contributed by atoms with Crippen molar-refractivity contribution in [3.63, 3.8) is 0 Å². The summed E-state index contributed by atoms with van der Waals surface area (Å²) < 4.78 is 110. The lowest BCUT2D eigenvalue weighted by Crippen LogP contribution is -2.57.